The van der Waals surface area contributed by atoms with E-state index in [9.17, 15) is 10.1 Å². The quantitative estimate of drug-likeness (QED) is 0.717. The van der Waals surface area contributed by atoms with E-state index in [1.54, 1.807) is 6.07 Å². The maximum absolute atomic E-state index is 11.6. The molecule has 7 heteroatoms. The summed E-state index contributed by atoms with van der Waals surface area (Å²) in [6.45, 7) is 4.03. The molecule has 0 bridgehead atoms. The number of hydrogen-bond donors (Lipinski definition) is 2. The average Bonchev–Trinajstić information content (AvgIpc) is 3.17. The SMILES string of the molecule is CC(C)Nc1ccc(-c2nc(-c3ccc4c(c3)NC(=O)CC4)no2)cc1C#N. The third kappa shape index (κ3) is 3.45. The highest BCUT2D eigenvalue weighted by molar-refractivity contribution is 5.94. The van der Waals surface area contributed by atoms with Gasteiger partial charge in [-0.15, -0.1) is 0 Å². The molecule has 28 heavy (non-hydrogen) atoms. The summed E-state index contributed by atoms with van der Waals surface area (Å²) < 4.78 is 5.41. The van der Waals surface area contributed by atoms with Crippen LogP contribution in [0, 0.1) is 11.3 Å². The van der Waals surface area contributed by atoms with Gasteiger partial charge in [0.2, 0.25) is 11.7 Å². The molecule has 0 aliphatic carbocycles. The molecule has 0 fully saturated rings. The van der Waals surface area contributed by atoms with Crippen molar-refractivity contribution >= 4 is 17.3 Å². The zero-order chi connectivity index (χ0) is 19.7. The Morgan fingerprint density at radius 2 is 2.00 bits per heavy atom. The molecule has 1 aliphatic heterocycles. The highest BCUT2D eigenvalue weighted by Gasteiger charge is 2.18. The minimum Gasteiger partial charge on any atom is -0.382 e. The maximum Gasteiger partial charge on any atom is 0.258 e. The summed E-state index contributed by atoms with van der Waals surface area (Å²) in [7, 11) is 0. The smallest absolute Gasteiger partial charge is 0.258 e. The average molecular weight is 373 g/mol. The molecule has 0 saturated carbocycles. The van der Waals surface area contributed by atoms with Gasteiger partial charge in [-0.3, -0.25) is 4.79 Å². The number of fused-ring (bicyclic) bond motifs is 1. The van der Waals surface area contributed by atoms with Crippen LogP contribution in [0.1, 0.15) is 31.4 Å². The predicted octanol–water partition coefficient (Wildman–Crippen LogP) is 3.98. The Balaban J connectivity index is 1.64. The Kier molecular flexibility index (Phi) is 4.53. The first kappa shape index (κ1) is 17.7. The zero-order valence-corrected chi connectivity index (χ0v) is 15.6. The van der Waals surface area contributed by atoms with Gasteiger partial charge in [-0.25, -0.2) is 0 Å². The van der Waals surface area contributed by atoms with Gasteiger partial charge in [-0.2, -0.15) is 10.2 Å². The van der Waals surface area contributed by atoms with Gasteiger partial charge in [0.15, 0.2) is 0 Å². The number of carbonyl (C=O) groups is 1. The Morgan fingerprint density at radius 1 is 1.18 bits per heavy atom. The maximum atomic E-state index is 11.6. The molecule has 2 aromatic carbocycles. The molecule has 2 N–H and O–H groups in total. The normalized spacial score (nSPS) is 13.0. The van der Waals surface area contributed by atoms with E-state index in [4.69, 9.17) is 4.52 Å². The number of rotatable bonds is 4. The number of nitrogens with one attached hydrogen (secondary N) is 2. The van der Waals surface area contributed by atoms with E-state index in [1.165, 1.54) is 0 Å². The van der Waals surface area contributed by atoms with Gasteiger partial charge in [-0.05, 0) is 50.1 Å². The van der Waals surface area contributed by atoms with E-state index in [2.05, 4.69) is 26.8 Å². The second-order valence-corrected chi connectivity index (χ2v) is 7.01. The van der Waals surface area contributed by atoms with Crippen LogP contribution in [0.3, 0.4) is 0 Å². The molecule has 2 heterocycles. The van der Waals surface area contributed by atoms with Gasteiger partial charge in [0.05, 0.1) is 11.3 Å². The lowest BCUT2D eigenvalue weighted by molar-refractivity contribution is -0.116. The molecular weight excluding hydrogens is 354 g/mol. The van der Waals surface area contributed by atoms with Crippen molar-refractivity contribution in [2.75, 3.05) is 10.6 Å². The highest BCUT2D eigenvalue weighted by atomic mass is 16.5. The lowest BCUT2D eigenvalue weighted by Gasteiger charge is -2.16. The largest absolute Gasteiger partial charge is 0.382 e. The van der Waals surface area contributed by atoms with Crippen molar-refractivity contribution < 1.29 is 9.32 Å². The summed E-state index contributed by atoms with van der Waals surface area (Å²) in [6, 6.07) is 13.6. The lowest BCUT2D eigenvalue weighted by Crippen LogP contribution is -2.18. The molecule has 3 aromatic rings. The molecule has 0 unspecified atom stereocenters. The van der Waals surface area contributed by atoms with Crippen LogP contribution in [-0.4, -0.2) is 22.1 Å². The topological polar surface area (TPSA) is 104 Å². The molecule has 140 valence electrons. The zero-order valence-electron chi connectivity index (χ0n) is 15.6. The van der Waals surface area contributed by atoms with Crippen molar-refractivity contribution in [2.45, 2.75) is 32.7 Å². The van der Waals surface area contributed by atoms with E-state index in [1.807, 2.05) is 44.2 Å². The van der Waals surface area contributed by atoms with Crippen LogP contribution in [-0.2, 0) is 11.2 Å². The fourth-order valence-corrected chi connectivity index (χ4v) is 3.18. The number of anilines is 2. The Morgan fingerprint density at radius 3 is 2.79 bits per heavy atom. The molecule has 1 aromatic heterocycles. The van der Waals surface area contributed by atoms with E-state index < -0.39 is 0 Å². The van der Waals surface area contributed by atoms with E-state index in [0.717, 1.165) is 28.9 Å². The second kappa shape index (κ2) is 7.16. The number of amides is 1. The molecule has 0 atom stereocenters. The van der Waals surface area contributed by atoms with Crippen LogP contribution in [0.2, 0.25) is 0 Å². The fourth-order valence-electron chi connectivity index (χ4n) is 3.18. The minimum atomic E-state index is 0.0116. The summed E-state index contributed by atoms with van der Waals surface area (Å²) in [5.74, 6) is 0.780. The van der Waals surface area contributed by atoms with Crippen molar-refractivity contribution in [1.29, 1.82) is 5.26 Å². The first-order valence-electron chi connectivity index (χ1n) is 9.11. The number of nitrogens with zero attached hydrogens (tertiary/aromatic N) is 3. The van der Waals surface area contributed by atoms with Crippen LogP contribution in [0.25, 0.3) is 22.8 Å². The third-order valence-corrected chi connectivity index (χ3v) is 4.52. The molecule has 1 amide bonds. The molecule has 0 spiro atoms. The first-order valence-corrected chi connectivity index (χ1v) is 9.11. The monoisotopic (exact) mass is 373 g/mol. The summed E-state index contributed by atoms with van der Waals surface area (Å²) in [4.78, 5) is 16.1. The number of aryl methyl sites for hydroxylation is 1. The standard InChI is InChI=1S/C21H19N5O2/c1-12(2)23-17-7-5-15(9-16(17)11-22)21-25-20(26-28-21)14-4-3-13-6-8-19(27)24-18(13)10-14/h3-5,7,9-10,12,23H,6,8H2,1-2H3,(H,24,27). The Labute approximate surface area is 162 Å². The van der Waals surface area contributed by atoms with Crippen molar-refractivity contribution in [3.63, 3.8) is 0 Å². The van der Waals surface area contributed by atoms with Crippen LogP contribution in [0.15, 0.2) is 40.9 Å². The van der Waals surface area contributed by atoms with Crippen molar-refractivity contribution in [3.8, 4) is 28.9 Å². The Bertz CT molecular complexity index is 1090. The number of hydrogen-bond acceptors (Lipinski definition) is 6. The van der Waals surface area contributed by atoms with Crippen LogP contribution in [0.5, 0.6) is 0 Å². The van der Waals surface area contributed by atoms with Crippen molar-refractivity contribution in [3.05, 3.63) is 47.5 Å². The first-order chi connectivity index (χ1) is 13.5. The molecule has 0 radical (unpaired) electrons. The summed E-state index contributed by atoms with van der Waals surface area (Å²) >= 11 is 0. The Hall–Kier alpha value is -3.66. The van der Waals surface area contributed by atoms with Gasteiger partial charge in [0.1, 0.15) is 6.07 Å². The number of aromatic nitrogens is 2. The van der Waals surface area contributed by atoms with Crippen molar-refractivity contribution in [1.82, 2.24) is 10.1 Å². The summed E-state index contributed by atoms with van der Waals surface area (Å²) in [5.41, 5.74) is 4.61. The second-order valence-electron chi connectivity index (χ2n) is 7.01. The number of carbonyl (C=O) groups excluding carboxylic acids is 1. The fraction of sp³-hybridized carbons (Fsp3) is 0.238. The summed E-state index contributed by atoms with van der Waals surface area (Å²) in [5, 5.41) is 19.6. The van der Waals surface area contributed by atoms with Gasteiger partial charge >= 0.3 is 0 Å². The van der Waals surface area contributed by atoms with Gasteiger partial charge < -0.3 is 15.2 Å². The minimum absolute atomic E-state index is 0.0116. The number of nitriles is 1. The molecule has 0 saturated heterocycles. The number of benzene rings is 2. The van der Waals surface area contributed by atoms with Gasteiger partial charge in [-0.1, -0.05) is 17.3 Å². The molecular formula is C21H19N5O2. The molecule has 1 aliphatic rings. The highest BCUT2D eigenvalue weighted by Crippen LogP contribution is 2.30. The van der Waals surface area contributed by atoms with Gasteiger partial charge in [0, 0.05) is 29.3 Å². The third-order valence-electron chi connectivity index (χ3n) is 4.52. The van der Waals surface area contributed by atoms with E-state index in [0.29, 0.717) is 29.3 Å². The van der Waals surface area contributed by atoms with Gasteiger partial charge in [0.25, 0.3) is 5.89 Å². The molecule has 7 nitrogen and oxygen atoms in total. The van der Waals surface area contributed by atoms with E-state index >= 15 is 0 Å². The van der Waals surface area contributed by atoms with Crippen LogP contribution >= 0.6 is 0 Å². The van der Waals surface area contributed by atoms with Crippen molar-refractivity contribution in [2.24, 2.45) is 0 Å². The lowest BCUT2D eigenvalue weighted by atomic mass is 10.0. The van der Waals surface area contributed by atoms with Crippen LogP contribution < -0.4 is 10.6 Å². The predicted molar refractivity (Wildman–Crippen MR) is 106 cm³/mol. The van der Waals surface area contributed by atoms with E-state index in [-0.39, 0.29) is 11.9 Å². The van der Waals surface area contributed by atoms with Crippen LogP contribution in [0.4, 0.5) is 11.4 Å². The molecule has 4 rings (SSSR count). The summed E-state index contributed by atoms with van der Waals surface area (Å²) in [6.07, 6.45) is 1.23.